The average molecular weight is 455 g/mol. The molecule has 158 valence electrons. The molecule has 0 bridgehead atoms. The first kappa shape index (κ1) is 21.5. The predicted molar refractivity (Wildman–Crippen MR) is 144 cm³/mol. The summed E-state index contributed by atoms with van der Waals surface area (Å²) in [4.78, 5) is 0. The van der Waals surface area contributed by atoms with Gasteiger partial charge in [0.1, 0.15) is 0 Å². The van der Waals surface area contributed by atoms with Crippen LogP contribution in [0.1, 0.15) is 0 Å². The van der Waals surface area contributed by atoms with Gasteiger partial charge in [-0.25, -0.2) is 0 Å². The number of nitrogens with one attached hydrogen (secondary N) is 4. The lowest BCUT2D eigenvalue weighted by molar-refractivity contribution is 1.56. The molecule has 0 aliphatic heterocycles. The highest BCUT2D eigenvalue weighted by molar-refractivity contribution is 7.81. The van der Waals surface area contributed by atoms with Gasteiger partial charge in [0.25, 0.3) is 0 Å². The first-order valence-electron chi connectivity index (χ1n) is 10.1. The third-order valence-electron chi connectivity index (χ3n) is 4.68. The van der Waals surface area contributed by atoms with Crippen LogP contribution in [-0.2, 0) is 0 Å². The number of anilines is 4. The fourth-order valence-electron chi connectivity index (χ4n) is 3.12. The Labute approximate surface area is 198 Å². The first-order chi connectivity index (χ1) is 15.7. The average Bonchev–Trinajstić information content (AvgIpc) is 2.81. The van der Waals surface area contributed by atoms with Gasteiger partial charge in [0.05, 0.1) is 0 Å². The van der Waals surface area contributed by atoms with Crippen LogP contribution in [-0.4, -0.2) is 10.2 Å². The minimum atomic E-state index is 0.555. The van der Waals surface area contributed by atoms with E-state index in [0.717, 1.165) is 33.9 Å². The van der Waals surface area contributed by atoms with Crippen molar-refractivity contribution in [3.8, 4) is 11.1 Å². The van der Waals surface area contributed by atoms with Crippen LogP contribution < -0.4 is 21.3 Å². The maximum atomic E-state index is 5.39. The van der Waals surface area contributed by atoms with Crippen molar-refractivity contribution in [2.24, 2.45) is 0 Å². The Morgan fingerprint density at radius 3 is 0.969 bits per heavy atom. The summed E-state index contributed by atoms with van der Waals surface area (Å²) in [5, 5.41) is 13.9. The van der Waals surface area contributed by atoms with Crippen molar-refractivity contribution in [2.75, 3.05) is 21.3 Å². The van der Waals surface area contributed by atoms with E-state index in [1.54, 1.807) is 0 Å². The fourth-order valence-corrected chi connectivity index (χ4v) is 3.59. The molecule has 4 aromatic carbocycles. The van der Waals surface area contributed by atoms with Gasteiger partial charge in [-0.2, -0.15) is 0 Å². The first-order valence-corrected chi connectivity index (χ1v) is 10.9. The SMILES string of the molecule is S=C(Nc1ccccc1)Nc1ccc(-c2ccc(NC(=S)Nc3ccccc3)cc2)cc1. The van der Waals surface area contributed by atoms with E-state index >= 15 is 0 Å². The maximum Gasteiger partial charge on any atom is 0.175 e. The highest BCUT2D eigenvalue weighted by Gasteiger charge is 2.03. The molecule has 4 nitrogen and oxygen atoms in total. The van der Waals surface area contributed by atoms with Crippen LogP contribution in [0.3, 0.4) is 0 Å². The largest absolute Gasteiger partial charge is 0.332 e. The van der Waals surface area contributed by atoms with E-state index in [4.69, 9.17) is 24.4 Å². The summed E-state index contributed by atoms with van der Waals surface area (Å²) in [5.41, 5.74) is 6.00. The molecule has 0 aliphatic carbocycles. The minimum Gasteiger partial charge on any atom is -0.332 e. The summed E-state index contributed by atoms with van der Waals surface area (Å²) in [6.07, 6.45) is 0. The maximum absolute atomic E-state index is 5.39. The summed E-state index contributed by atoms with van der Waals surface area (Å²) in [6, 6.07) is 36.0. The second-order valence-corrected chi connectivity index (χ2v) is 7.86. The topological polar surface area (TPSA) is 48.1 Å². The molecule has 4 N–H and O–H groups in total. The van der Waals surface area contributed by atoms with Gasteiger partial charge in [0.15, 0.2) is 10.2 Å². The number of rotatable bonds is 5. The molecule has 0 saturated heterocycles. The molecule has 0 heterocycles. The van der Waals surface area contributed by atoms with E-state index in [0.29, 0.717) is 10.2 Å². The second-order valence-electron chi connectivity index (χ2n) is 7.04. The smallest absolute Gasteiger partial charge is 0.175 e. The molecule has 4 aromatic rings. The van der Waals surface area contributed by atoms with Crippen molar-refractivity contribution < 1.29 is 0 Å². The zero-order chi connectivity index (χ0) is 22.2. The number of benzene rings is 4. The molecule has 0 saturated carbocycles. The van der Waals surface area contributed by atoms with Crippen LogP contribution in [0.15, 0.2) is 109 Å². The van der Waals surface area contributed by atoms with Crippen LogP contribution >= 0.6 is 24.4 Å². The molecule has 0 aliphatic rings. The van der Waals surface area contributed by atoms with Crippen molar-refractivity contribution in [1.29, 1.82) is 0 Å². The third kappa shape index (κ3) is 6.14. The number of hydrogen-bond donors (Lipinski definition) is 4. The summed E-state index contributed by atoms with van der Waals surface area (Å²) >= 11 is 10.8. The Morgan fingerprint density at radius 2 is 0.656 bits per heavy atom. The van der Waals surface area contributed by atoms with Crippen molar-refractivity contribution in [2.45, 2.75) is 0 Å². The molecule has 0 radical (unpaired) electrons. The van der Waals surface area contributed by atoms with Crippen LogP contribution in [0.2, 0.25) is 0 Å². The van der Waals surface area contributed by atoms with Crippen LogP contribution in [0.4, 0.5) is 22.7 Å². The Kier molecular flexibility index (Phi) is 7.07. The number of para-hydroxylation sites is 2. The zero-order valence-electron chi connectivity index (χ0n) is 17.2. The Morgan fingerprint density at radius 1 is 0.375 bits per heavy atom. The van der Waals surface area contributed by atoms with Crippen LogP contribution in [0.25, 0.3) is 11.1 Å². The third-order valence-corrected chi connectivity index (χ3v) is 5.09. The number of thiocarbonyl (C=S) groups is 2. The molecular weight excluding hydrogens is 432 g/mol. The second kappa shape index (κ2) is 10.5. The van der Waals surface area contributed by atoms with E-state index in [1.165, 1.54) is 0 Å². The number of hydrogen-bond acceptors (Lipinski definition) is 2. The minimum absolute atomic E-state index is 0.555. The van der Waals surface area contributed by atoms with Gasteiger partial charge in [0, 0.05) is 22.7 Å². The van der Waals surface area contributed by atoms with Gasteiger partial charge in [-0.05, 0) is 84.1 Å². The quantitative estimate of drug-likeness (QED) is 0.244. The normalized spacial score (nSPS) is 10.1. The summed E-state index contributed by atoms with van der Waals surface area (Å²) in [7, 11) is 0. The van der Waals surface area contributed by atoms with Gasteiger partial charge < -0.3 is 21.3 Å². The highest BCUT2D eigenvalue weighted by Crippen LogP contribution is 2.23. The van der Waals surface area contributed by atoms with Gasteiger partial charge in [-0.1, -0.05) is 60.7 Å². The lowest BCUT2D eigenvalue weighted by Gasteiger charge is -2.12. The van der Waals surface area contributed by atoms with Gasteiger partial charge >= 0.3 is 0 Å². The van der Waals surface area contributed by atoms with Gasteiger partial charge in [-0.3, -0.25) is 0 Å². The highest BCUT2D eigenvalue weighted by atomic mass is 32.1. The van der Waals surface area contributed by atoms with Crippen LogP contribution in [0, 0.1) is 0 Å². The van der Waals surface area contributed by atoms with E-state index < -0.39 is 0 Å². The Bertz CT molecular complexity index is 1080. The summed E-state index contributed by atoms with van der Waals surface area (Å²) in [6.45, 7) is 0. The summed E-state index contributed by atoms with van der Waals surface area (Å²) < 4.78 is 0. The molecule has 32 heavy (non-hydrogen) atoms. The molecule has 0 unspecified atom stereocenters. The molecule has 0 fully saturated rings. The van der Waals surface area contributed by atoms with Crippen LogP contribution in [0.5, 0.6) is 0 Å². The lowest BCUT2D eigenvalue weighted by Crippen LogP contribution is -2.18. The fraction of sp³-hybridized carbons (Fsp3) is 0. The molecule has 0 atom stereocenters. The van der Waals surface area contributed by atoms with E-state index in [9.17, 15) is 0 Å². The van der Waals surface area contributed by atoms with Crippen molar-refractivity contribution in [3.63, 3.8) is 0 Å². The Balaban J connectivity index is 1.32. The van der Waals surface area contributed by atoms with E-state index in [-0.39, 0.29) is 0 Å². The predicted octanol–water partition coefficient (Wildman–Crippen LogP) is 6.97. The van der Waals surface area contributed by atoms with Gasteiger partial charge in [-0.15, -0.1) is 0 Å². The van der Waals surface area contributed by atoms with E-state index in [1.807, 2.05) is 84.9 Å². The standard InChI is InChI=1S/C26H22N4S2/c31-25(27-21-7-3-1-4-8-21)29-23-15-11-19(12-16-23)20-13-17-24(18-14-20)30-26(32)28-22-9-5-2-6-10-22/h1-18H,(H2,27,29,31)(H2,28,30,32). The molecule has 6 heteroatoms. The summed E-state index contributed by atoms with van der Waals surface area (Å²) in [5.74, 6) is 0. The lowest BCUT2D eigenvalue weighted by atomic mass is 10.1. The van der Waals surface area contributed by atoms with Crippen molar-refractivity contribution in [1.82, 2.24) is 0 Å². The molecule has 0 amide bonds. The van der Waals surface area contributed by atoms with E-state index in [2.05, 4.69) is 45.5 Å². The molecule has 0 spiro atoms. The molecule has 0 aromatic heterocycles. The van der Waals surface area contributed by atoms with Crippen molar-refractivity contribution in [3.05, 3.63) is 109 Å². The molecular formula is C26H22N4S2. The van der Waals surface area contributed by atoms with Crippen molar-refractivity contribution >= 4 is 57.4 Å². The Hall–Kier alpha value is -3.74. The molecule has 4 rings (SSSR count). The zero-order valence-corrected chi connectivity index (χ0v) is 18.8. The van der Waals surface area contributed by atoms with Gasteiger partial charge in [0.2, 0.25) is 0 Å². The monoisotopic (exact) mass is 454 g/mol.